The van der Waals surface area contributed by atoms with Crippen molar-refractivity contribution < 1.29 is 0 Å². The minimum Gasteiger partial charge on any atom is -0.383 e. The zero-order chi connectivity index (χ0) is 13.7. The van der Waals surface area contributed by atoms with Gasteiger partial charge in [0.25, 0.3) is 0 Å². The van der Waals surface area contributed by atoms with Gasteiger partial charge in [-0.2, -0.15) is 11.8 Å². The molecule has 0 radical (unpaired) electrons. The van der Waals surface area contributed by atoms with E-state index < -0.39 is 0 Å². The molecule has 1 heterocycles. The molecule has 1 aromatic rings. The Hall–Kier alpha value is -0.380. The number of benzene rings is 1. The van der Waals surface area contributed by atoms with Crippen molar-refractivity contribution in [3.63, 3.8) is 0 Å². The van der Waals surface area contributed by atoms with Gasteiger partial charge in [0.1, 0.15) is 0 Å². The lowest BCUT2D eigenvalue weighted by Crippen LogP contribution is -2.31. The molecular formula is C15H23ClN2S. The Morgan fingerprint density at radius 3 is 2.89 bits per heavy atom. The van der Waals surface area contributed by atoms with Gasteiger partial charge in [-0.3, -0.25) is 0 Å². The van der Waals surface area contributed by atoms with Gasteiger partial charge in [0, 0.05) is 30.1 Å². The highest BCUT2D eigenvalue weighted by molar-refractivity contribution is 8.00. The highest BCUT2D eigenvalue weighted by atomic mass is 35.5. The molecule has 0 unspecified atom stereocenters. The fraction of sp³-hybridized carbons (Fsp3) is 0.600. The summed E-state index contributed by atoms with van der Waals surface area (Å²) in [5.74, 6) is 1.24. The van der Waals surface area contributed by atoms with Gasteiger partial charge in [-0.15, -0.1) is 0 Å². The monoisotopic (exact) mass is 298 g/mol. The lowest BCUT2D eigenvalue weighted by Gasteiger charge is -2.22. The first kappa shape index (κ1) is 15.0. The number of para-hydroxylation sites is 1. The summed E-state index contributed by atoms with van der Waals surface area (Å²) in [6, 6.07) is 7.93. The van der Waals surface area contributed by atoms with Crippen LogP contribution < -0.4 is 5.32 Å². The molecule has 0 aromatic heterocycles. The minimum absolute atomic E-state index is 0.435. The van der Waals surface area contributed by atoms with E-state index in [1.807, 2.05) is 24.3 Å². The van der Waals surface area contributed by atoms with E-state index in [1.54, 1.807) is 0 Å². The highest BCUT2D eigenvalue weighted by Gasteiger charge is 2.23. The van der Waals surface area contributed by atoms with Crippen LogP contribution in [0.3, 0.4) is 0 Å². The van der Waals surface area contributed by atoms with Gasteiger partial charge >= 0.3 is 0 Å². The largest absolute Gasteiger partial charge is 0.383 e. The normalized spacial score (nSPS) is 19.9. The first-order valence-corrected chi connectivity index (χ1v) is 8.28. The van der Waals surface area contributed by atoms with E-state index >= 15 is 0 Å². The molecule has 0 atom stereocenters. The zero-order valence-corrected chi connectivity index (χ0v) is 13.4. The third kappa shape index (κ3) is 4.90. The number of hydrogen-bond acceptors (Lipinski definition) is 3. The minimum atomic E-state index is 0.435. The standard InChI is InChI=1S/C15H23ClN2S/c1-15(2)7-9-18(11-12-19-15)10-8-17-14-6-4-3-5-13(14)16/h3-6,17H,7-12H2,1-2H3. The third-order valence-electron chi connectivity index (χ3n) is 3.55. The van der Waals surface area contributed by atoms with Crippen LogP contribution in [0.25, 0.3) is 0 Å². The van der Waals surface area contributed by atoms with Crippen LogP contribution in [0, 0.1) is 0 Å². The number of halogens is 1. The van der Waals surface area contributed by atoms with Crippen molar-refractivity contribution in [3.05, 3.63) is 29.3 Å². The Bertz CT molecular complexity index is 409. The average Bonchev–Trinajstić information content (AvgIpc) is 2.53. The maximum atomic E-state index is 6.13. The van der Waals surface area contributed by atoms with Crippen molar-refractivity contribution in [2.45, 2.75) is 25.0 Å². The number of rotatable bonds is 4. The van der Waals surface area contributed by atoms with E-state index in [0.717, 1.165) is 23.8 Å². The first-order chi connectivity index (χ1) is 9.07. The predicted octanol–water partition coefficient (Wildman–Crippen LogP) is 3.97. The molecule has 0 amide bonds. The predicted molar refractivity (Wildman–Crippen MR) is 87.5 cm³/mol. The summed E-state index contributed by atoms with van der Waals surface area (Å²) in [6.45, 7) is 9.13. The third-order valence-corrected chi connectivity index (χ3v) is 5.25. The molecule has 1 N–H and O–H groups in total. The van der Waals surface area contributed by atoms with Gasteiger partial charge < -0.3 is 10.2 Å². The molecule has 106 valence electrons. The van der Waals surface area contributed by atoms with Crippen LogP contribution in [-0.4, -0.2) is 41.6 Å². The van der Waals surface area contributed by atoms with Gasteiger partial charge in [0.15, 0.2) is 0 Å². The number of nitrogens with one attached hydrogen (secondary N) is 1. The number of nitrogens with zero attached hydrogens (tertiary/aromatic N) is 1. The molecule has 0 bridgehead atoms. The lowest BCUT2D eigenvalue weighted by atomic mass is 10.1. The van der Waals surface area contributed by atoms with E-state index in [1.165, 1.54) is 25.3 Å². The maximum Gasteiger partial charge on any atom is 0.0637 e. The van der Waals surface area contributed by atoms with Crippen molar-refractivity contribution in [1.82, 2.24) is 4.90 Å². The fourth-order valence-corrected chi connectivity index (χ4v) is 3.58. The van der Waals surface area contributed by atoms with E-state index in [0.29, 0.717) is 4.75 Å². The molecule has 1 aliphatic rings. The Morgan fingerprint density at radius 2 is 2.11 bits per heavy atom. The van der Waals surface area contributed by atoms with Crippen LogP contribution in [0.15, 0.2) is 24.3 Å². The van der Waals surface area contributed by atoms with E-state index in [2.05, 4.69) is 35.8 Å². The Kier molecular flexibility index (Phi) is 5.43. The quantitative estimate of drug-likeness (QED) is 0.905. The van der Waals surface area contributed by atoms with Crippen LogP contribution in [0.2, 0.25) is 5.02 Å². The molecule has 1 saturated heterocycles. The maximum absolute atomic E-state index is 6.13. The summed E-state index contributed by atoms with van der Waals surface area (Å²) in [6.07, 6.45) is 1.27. The first-order valence-electron chi connectivity index (χ1n) is 6.91. The van der Waals surface area contributed by atoms with Crippen LogP contribution in [0.4, 0.5) is 5.69 Å². The van der Waals surface area contributed by atoms with Crippen molar-refractivity contribution in [1.29, 1.82) is 0 Å². The average molecular weight is 299 g/mol. The molecule has 0 saturated carbocycles. The Balaban J connectivity index is 1.75. The summed E-state index contributed by atoms with van der Waals surface area (Å²) in [7, 11) is 0. The fourth-order valence-electron chi connectivity index (χ4n) is 2.24. The number of thioether (sulfide) groups is 1. The van der Waals surface area contributed by atoms with Crippen molar-refractivity contribution in [3.8, 4) is 0 Å². The van der Waals surface area contributed by atoms with Crippen molar-refractivity contribution >= 4 is 29.1 Å². The Labute approximate surface area is 125 Å². The summed E-state index contributed by atoms with van der Waals surface area (Å²) in [5, 5.41) is 4.22. The lowest BCUT2D eigenvalue weighted by molar-refractivity contribution is 0.295. The van der Waals surface area contributed by atoms with Gasteiger partial charge in [-0.05, 0) is 25.1 Å². The Morgan fingerprint density at radius 1 is 1.32 bits per heavy atom. The molecule has 1 aromatic carbocycles. The van der Waals surface area contributed by atoms with Crippen molar-refractivity contribution in [2.24, 2.45) is 0 Å². The molecule has 2 nitrogen and oxygen atoms in total. The van der Waals surface area contributed by atoms with Crippen molar-refractivity contribution in [2.75, 3.05) is 37.2 Å². The smallest absolute Gasteiger partial charge is 0.0637 e. The van der Waals surface area contributed by atoms with Crippen LogP contribution in [0.5, 0.6) is 0 Å². The second-order valence-electron chi connectivity index (χ2n) is 5.61. The molecule has 19 heavy (non-hydrogen) atoms. The molecule has 1 fully saturated rings. The second kappa shape index (κ2) is 6.87. The molecule has 1 aliphatic heterocycles. The highest BCUT2D eigenvalue weighted by Crippen LogP contribution is 2.30. The molecule has 0 spiro atoms. The summed E-state index contributed by atoms with van der Waals surface area (Å²) >= 11 is 8.22. The van der Waals surface area contributed by atoms with E-state index in [-0.39, 0.29) is 0 Å². The SMILES string of the molecule is CC1(C)CCN(CCNc2ccccc2Cl)CCS1. The van der Waals surface area contributed by atoms with Crippen LogP contribution in [-0.2, 0) is 0 Å². The van der Waals surface area contributed by atoms with Gasteiger partial charge in [-0.25, -0.2) is 0 Å². The van der Waals surface area contributed by atoms with Crippen LogP contribution in [0.1, 0.15) is 20.3 Å². The van der Waals surface area contributed by atoms with Gasteiger partial charge in [-0.1, -0.05) is 37.6 Å². The molecule has 2 rings (SSSR count). The van der Waals surface area contributed by atoms with Gasteiger partial charge in [0.2, 0.25) is 0 Å². The number of hydrogen-bond donors (Lipinski definition) is 1. The topological polar surface area (TPSA) is 15.3 Å². The number of anilines is 1. The van der Waals surface area contributed by atoms with Gasteiger partial charge in [0.05, 0.1) is 10.7 Å². The zero-order valence-electron chi connectivity index (χ0n) is 11.8. The van der Waals surface area contributed by atoms with E-state index in [9.17, 15) is 0 Å². The summed E-state index contributed by atoms with van der Waals surface area (Å²) < 4.78 is 0.435. The summed E-state index contributed by atoms with van der Waals surface area (Å²) in [5.41, 5.74) is 1.04. The second-order valence-corrected chi connectivity index (χ2v) is 7.82. The molecule has 4 heteroatoms. The molecular weight excluding hydrogens is 276 g/mol. The van der Waals surface area contributed by atoms with Crippen LogP contribution >= 0.6 is 23.4 Å². The van der Waals surface area contributed by atoms with E-state index in [4.69, 9.17) is 11.6 Å². The molecule has 0 aliphatic carbocycles. The summed E-state index contributed by atoms with van der Waals surface area (Å²) in [4.78, 5) is 2.55.